The fraction of sp³-hybridized carbons (Fsp3) is 0.714. The summed E-state index contributed by atoms with van der Waals surface area (Å²) in [5, 5.41) is 3.67. The Hall–Kier alpha value is -1.26. The molecule has 5 nitrogen and oxygen atoms in total. The van der Waals surface area contributed by atoms with Crippen LogP contribution in [0.4, 0.5) is 0 Å². The maximum Gasteiger partial charge on any atom is 0.329 e. The number of rotatable bonds is 4. The van der Waals surface area contributed by atoms with Crippen molar-refractivity contribution < 1.29 is 9.53 Å². The third-order valence-electron chi connectivity index (χ3n) is 1.07. The van der Waals surface area contributed by atoms with E-state index in [1.165, 1.54) is 0 Å². The number of nitrogens with one attached hydrogen (secondary N) is 1. The molecule has 0 spiro atoms. The molecule has 0 aromatic heterocycles. The van der Waals surface area contributed by atoms with E-state index < -0.39 is 6.04 Å². The molecule has 0 saturated heterocycles. The molecular weight excluding hydrogens is 158 g/mol. The molecule has 0 fully saturated rings. The fourth-order valence-electron chi connectivity index (χ4n) is 0.519. The predicted molar refractivity (Wildman–Crippen MR) is 46.5 cm³/mol. The van der Waals surface area contributed by atoms with Crippen molar-refractivity contribution in [1.29, 1.82) is 0 Å². The standard InChI is InChI=1S/C7H15N3O2/c1-4-12-7(11)5(2)9-10-6(3)8/h5,9H,4H2,1-3H3,(H2,8,10)/t5-/m0/s1. The number of hydrogen-bond acceptors (Lipinski definition) is 4. The van der Waals surface area contributed by atoms with Crippen molar-refractivity contribution in [2.75, 3.05) is 6.61 Å². The van der Waals surface area contributed by atoms with Gasteiger partial charge in [-0.1, -0.05) is 0 Å². The van der Waals surface area contributed by atoms with Crippen LogP contribution in [0.1, 0.15) is 20.8 Å². The van der Waals surface area contributed by atoms with Crippen LogP contribution in [0.3, 0.4) is 0 Å². The van der Waals surface area contributed by atoms with E-state index in [2.05, 4.69) is 10.5 Å². The van der Waals surface area contributed by atoms with Gasteiger partial charge in [-0.2, -0.15) is 5.10 Å². The molecule has 3 N–H and O–H groups in total. The molecule has 0 unspecified atom stereocenters. The molecule has 0 bridgehead atoms. The number of carbonyl (C=O) groups excluding carboxylic acids is 1. The molecule has 0 rings (SSSR count). The van der Waals surface area contributed by atoms with Crippen LogP contribution < -0.4 is 11.2 Å². The van der Waals surface area contributed by atoms with Crippen molar-refractivity contribution in [1.82, 2.24) is 5.43 Å². The molecule has 70 valence electrons. The molecule has 0 aromatic carbocycles. The largest absolute Gasteiger partial charge is 0.464 e. The summed E-state index contributed by atoms with van der Waals surface area (Å²) in [6, 6.07) is -0.455. The van der Waals surface area contributed by atoms with E-state index in [0.29, 0.717) is 12.4 Å². The smallest absolute Gasteiger partial charge is 0.329 e. The van der Waals surface area contributed by atoms with E-state index >= 15 is 0 Å². The average molecular weight is 173 g/mol. The van der Waals surface area contributed by atoms with Crippen LogP contribution in [0.5, 0.6) is 0 Å². The van der Waals surface area contributed by atoms with Crippen molar-refractivity contribution >= 4 is 11.8 Å². The van der Waals surface area contributed by atoms with Gasteiger partial charge in [0.05, 0.1) is 6.61 Å². The van der Waals surface area contributed by atoms with E-state index in [4.69, 9.17) is 10.5 Å². The van der Waals surface area contributed by atoms with Crippen LogP contribution in [0, 0.1) is 0 Å². The Balaban J connectivity index is 3.79. The third kappa shape index (κ3) is 4.54. The second-order valence-electron chi connectivity index (χ2n) is 2.36. The maximum absolute atomic E-state index is 11.0. The summed E-state index contributed by atoms with van der Waals surface area (Å²) in [7, 11) is 0. The molecular formula is C7H15N3O2. The first-order valence-corrected chi connectivity index (χ1v) is 3.79. The number of nitrogens with two attached hydrogens (primary N) is 1. The molecule has 5 heteroatoms. The number of amidine groups is 1. The molecule has 0 aromatic rings. The first-order valence-electron chi connectivity index (χ1n) is 3.79. The molecule has 0 amide bonds. The highest BCUT2D eigenvalue weighted by Gasteiger charge is 2.11. The Labute approximate surface area is 72.0 Å². The van der Waals surface area contributed by atoms with Crippen LogP contribution in [-0.2, 0) is 9.53 Å². The topological polar surface area (TPSA) is 76.7 Å². The van der Waals surface area contributed by atoms with Gasteiger partial charge in [0.1, 0.15) is 11.9 Å². The van der Waals surface area contributed by atoms with Gasteiger partial charge in [-0.05, 0) is 20.8 Å². The first-order chi connectivity index (χ1) is 5.57. The number of hydrazone groups is 1. The summed E-state index contributed by atoms with van der Waals surface area (Å²) in [6.45, 7) is 5.41. The lowest BCUT2D eigenvalue weighted by Gasteiger charge is -2.09. The Morgan fingerprint density at radius 3 is 2.75 bits per heavy atom. The Bertz CT molecular complexity index is 175. The van der Waals surface area contributed by atoms with Gasteiger partial charge in [-0.25, -0.2) is 4.79 Å². The van der Waals surface area contributed by atoms with Gasteiger partial charge in [0.15, 0.2) is 0 Å². The summed E-state index contributed by atoms with van der Waals surface area (Å²) in [4.78, 5) is 11.0. The molecule has 1 atom stereocenters. The lowest BCUT2D eigenvalue weighted by Crippen LogP contribution is -2.33. The third-order valence-corrected chi connectivity index (χ3v) is 1.07. The summed E-state index contributed by atoms with van der Waals surface area (Å²) in [6.07, 6.45) is 0. The van der Waals surface area contributed by atoms with Gasteiger partial charge in [0.2, 0.25) is 0 Å². The number of hydrogen-bond donors (Lipinski definition) is 2. The lowest BCUT2D eigenvalue weighted by atomic mass is 10.4. The number of esters is 1. The average Bonchev–Trinajstić information content (AvgIpc) is 2.00. The second-order valence-corrected chi connectivity index (χ2v) is 2.36. The van der Waals surface area contributed by atoms with Crippen molar-refractivity contribution in [2.24, 2.45) is 10.8 Å². The maximum atomic E-state index is 11.0. The quantitative estimate of drug-likeness (QED) is 0.267. The zero-order valence-corrected chi connectivity index (χ0v) is 7.63. The van der Waals surface area contributed by atoms with Crippen LogP contribution in [0.2, 0.25) is 0 Å². The molecule has 0 aliphatic carbocycles. The zero-order chi connectivity index (χ0) is 9.56. The zero-order valence-electron chi connectivity index (χ0n) is 7.63. The van der Waals surface area contributed by atoms with Crippen molar-refractivity contribution in [3.05, 3.63) is 0 Å². The summed E-state index contributed by atoms with van der Waals surface area (Å²) < 4.78 is 4.72. The molecule has 0 radical (unpaired) electrons. The van der Waals surface area contributed by atoms with E-state index in [0.717, 1.165) is 0 Å². The van der Waals surface area contributed by atoms with Crippen molar-refractivity contribution in [3.63, 3.8) is 0 Å². The Kier molecular flexibility index (Phi) is 4.83. The Morgan fingerprint density at radius 2 is 2.33 bits per heavy atom. The highest BCUT2D eigenvalue weighted by molar-refractivity contribution is 5.78. The summed E-state index contributed by atoms with van der Waals surface area (Å²) >= 11 is 0. The van der Waals surface area contributed by atoms with E-state index in [1.807, 2.05) is 0 Å². The minimum absolute atomic E-state index is 0.331. The summed E-state index contributed by atoms with van der Waals surface area (Å²) in [5.41, 5.74) is 7.81. The minimum atomic E-state index is -0.455. The van der Waals surface area contributed by atoms with Gasteiger partial charge in [0, 0.05) is 0 Å². The van der Waals surface area contributed by atoms with Crippen LogP contribution >= 0.6 is 0 Å². The monoisotopic (exact) mass is 173 g/mol. The predicted octanol–water partition coefficient (Wildman–Crippen LogP) is -0.180. The number of nitrogens with zero attached hydrogens (tertiary/aromatic N) is 1. The molecule has 0 aliphatic rings. The fourth-order valence-corrected chi connectivity index (χ4v) is 0.519. The number of carbonyl (C=O) groups is 1. The van der Waals surface area contributed by atoms with Gasteiger partial charge >= 0.3 is 5.97 Å². The second kappa shape index (κ2) is 5.40. The van der Waals surface area contributed by atoms with Crippen molar-refractivity contribution in [2.45, 2.75) is 26.8 Å². The lowest BCUT2D eigenvalue weighted by molar-refractivity contribution is -0.145. The van der Waals surface area contributed by atoms with Crippen LogP contribution in [0.15, 0.2) is 5.10 Å². The van der Waals surface area contributed by atoms with Gasteiger partial charge in [0.25, 0.3) is 0 Å². The van der Waals surface area contributed by atoms with Crippen LogP contribution in [-0.4, -0.2) is 24.5 Å². The van der Waals surface area contributed by atoms with Gasteiger partial charge in [-0.15, -0.1) is 0 Å². The molecule has 0 aliphatic heterocycles. The van der Waals surface area contributed by atoms with Gasteiger partial charge in [-0.3, -0.25) is 5.43 Å². The van der Waals surface area contributed by atoms with Gasteiger partial charge < -0.3 is 10.5 Å². The van der Waals surface area contributed by atoms with E-state index in [-0.39, 0.29) is 5.97 Å². The first kappa shape index (κ1) is 10.7. The normalized spacial score (nSPS) is 13.8. The van der Waals surface area contributed by atoms with E-state index in [1.54, 1.807) is 20.8 Å². The Morgan fingerprint density at radius 1 is 1.75 bits per heavy atom. The minimum Gasteiger partial charge on any atom is -0.464 e. The number of ether oxygens (including phenoxy) is 1. The molecule has 12 heavy (non-hydrogen) atoms. The van der Waals surface area contributed by atoms with E-state index in [9.17, 15) is 4.79 Å². The van der Waals surface area contributed by atoms with Crippen LogP contribution in [0.25, 0.3) is 0 Å². The SMILES string of the molecule is CCOC(=O)[C@H](C)NN=C(C)N. The summed E-state index contributed by atoms with van der Waals surface area (Å²) in [5.74, 6) is 0.0497. The van der Waals surface area contributed by atoms with Crippen molar-refractivity contribution in [3.8, 4) is 0 Å². The highest BCUT2D eigenvalue weighted by Crippen LogP contribution is 1.87. The molecule has 0 saturated carbocycles. The molecule has 0 heterocycles. The highest BCUT2D eigenvalue weighted by atomic mass is 16.5.